The molecule has 7 nitrogen and oxygen atoms in total. The normalized spacial score (nSPS) is 26.7. The van der Waals surface area contributed by atoms with Crippen molar-refractivity contribution in [1.29, 1.82) is 0 Å². The molecule has 0 bridgehead atoms. The number of Topliss-reactive ketones (excluding diaryl/α,β-unsaturated/α-hetero) is 1. The van der Waals surface area contributed by atoms with Crippen molar-refractivity contribution in [2.45, 2.75) is 132 Å². The van der Waals surface area contributed by atoms with E-state index in [1.54, 1.807) is 17.8 Å². The number of ketones is 1. The molecule has 7 heteroatoms. The summed E-state index contributed by atoms with van der Waals surface area (Å²) in [5, 5.41) is 19.8. The number of para-hydroxylation sites is 1. The van der Waals surface area contributed by atoms with Crippen molar-refractivity contribution in [2.24, 2.45) is 22.7 Å². The van der Waals surface area contributed by atoms with E-state index in [0.29, 0.717) is 29.4 Å². The first kappa shape index (κ1) is 36.5. The molecule has 1 heterocycles. The van der Waals surface area contributed by atoms with Crippen molar-refractivity contribution in [3.63, 3.8) is 0 Å². The first-order valence-corrected chi connectivity index (χ1v) is 17.5. The highest BCUT2D eigenvalue weighted by Gasteiger charge is 2.59. The van der Waals surface area contributed by atoms with Gasteiger partial charge in [0, 0.05) is 17.4 Å². The van der Waals surface area contributed by atoms with Crippen LogP contribution in [0.2, 0.25) is 0 Å². The van der Waals surface area contributed by atoms with E-state index in [4.69, 9.17) is 4.74 Å². The summed E-state index contributed by atoms with van der Waals surface area (Å²) >= 11 is 0. The highest BCUT2D eigenvalue weighted by atomic mass is 16.5. The number of aryl methyl sites for hydroxylation is 1. The molecule has 2 aliphatic rings. The van der Waals surface area contributed by atoms with Gasteiger partial charge < -0.3 is 9.84 Å². The van der Waals surface area contributed by atoms with Crippen LogP contribution in [0.1, 0.15) is 124 Å². The number of esters is 1. The molecular formula is C40H57N3O4. The van der Waals surface area contributed by atoms with E-state index >= 15 is 0 Å². The monoisotopic (exact) mass is 643 g/mol. The largest absolute Gasteiger partial charge is 0.456 e. The molecule has 1 N–H and O–H groups in total. The molecule has 4 rings (SSSR count). The molecule has 256 valence electrons. The fourth-order valence-corrected chi connectivity index (χ4v) is 8.37. The van der Waals surface area contributed by atoms with Gasteiger partial charge in [-0.25, -0.2) is 9.48 Å². The Morgan fingerprint density at radius 1 is 1.00 bits per heavy atom. The van der Waals surface area contributed by atoms with Crippen molar-refractivity contribution in [1.82, 2.24) is 15.0 Å². The van der Waals surface area contributed by atoms with E-state index in [1.807, 2.05) is 44.2 Å². The molecule has 2 saturated carbocycles. The lowest BCUT2D eigenvalue weighted by molar-refractivity contribution is -0.177. The van der Waals surface area contributed by atoms with Crippen LogP contribution < -0.4 is 0 Å². The summed E-state index contributed by atoms with van der Waals surface area (Å²) < 4.78 is 7.18. The maximum atomic E-state index is 12.8. The first-order valence-electron chi connectivity index (χ1n) is 17.5. The van der Waals surface area contributed by atoms with Crippen molar-refractivity contribution < 1.29 is 19.4 Å². The molecule has 2 fully saturated rings. The standard InChI is InChI=1S/C40H57N3O4/c1-28(16-12-19-31(4)37(45)47-27-32-26-43(42-41-32)33-20-10-9-18-30(33)3)14-11-15-29(2)17-13-21-35-39(7)24-23-36(44)38(5,6)34(39)22-25-40(35,8)46/h9-10,14,17-20,26,34-35,46H,11-13,15-16,21-25,27H2,1-8H3/b28-14+,29-17+,31-19+/t34-,35-,39+,40-/m1/s1. The number of allylic oxidation sites excluding steroid dienone is 5. The maximum Gasteiger partial charge on any atom is 0.333 e. The van der Waals surface area contributed by atoms with Gasteiger partial charge in [0.15, 0.2) is 0 Å². The Balaban J connectivity index is 1.18. The average molecular weight is 644 g/mol. The van der Waals surface area contributed by atoms with E-state index in [1.165, 1.54) is 11.1 Å². The molecule has 0 aliphatic heterocycles. The molecule has 2 aliphatic carbocycles. The number of benzene rings is 1. The summed E-state index contributed by atoms with van der Waals surface area (Å²) in [5.41, 5.74) is 4.94. The van der Waals surface area contributed by atoms with Crippen LogP contribution in [-0.2, 0) is 20.9 Å². The lowest BCUT2D eigenvalue weighted by Gasteiger charge is -2.60. The number of fused-ring (bicyclic) bond motifs is 1. The number of nitrogens with zero attached hydrogens (tertiary/aromatic N) is 3. The minimum absolute atomic E-state index is 0.00634. The number of rotatable bonds is 13. The van der Waals surface area contributed by atoms with Gasteiger partial charge in [0.25, 0.3) is 0 Å². The summed E-state index contributed by atoms with van der Waals surface area (Å²) in [6.45, 7) is 16.9. The Morgan fingerprint density at radius 3 is 2.36 bits per heavy atom. The van der Waals surface area contributed by atoms with Crippen LogP contribution in [0.4, 0.5) is 0 Å². The summed E-state index contributed by atoms with van der Waals surface area (Å²) in [7, 11) is 0. The van der Waals surface area contributed by atoms with Crippen LogP contribution in [0.25, 0.3) is 5.69 Å². The Labute approximate surface area is 282 Å². The second-order valence-corrected chi connectivity index (χ2v) is 15.3. The van der Waals surface area contributed by atoms with Gasteiger partial charge >= 0.3 is 5.97 Å². The molecule has 0 saturated heterocycles. The number of carbonyl (C=O) groups excluding carboxylic acids is 2. The van der Waals surface area contributed by atoms with E-state index < -0.39 is 5.60 Å². The van der Waals surface area contributed by atoms with E-state index in [-0.39, 0.29) is 29.3 Å². The number of hydrogen-bond donors (Lipinski definition) is 1. The quantitative estimate of drug-likeness (QED) is 0.133. The van der Waals surface area contributed by atoms with Gasteiger partial charge in [0.05, 0.1) is 17.5 Å². The van der Waals surface area contributed by atoms with Gasteiger partial charge in [0.1, 0.15) is 18.1 Å². The van der Waals surface area contributed by atoms with Crippen molar-refractivity contribution >= 4 is 11.8 Å². The molecule has 0 spiro atoms. The van der Waals surface area contributed by atoms with Gasteiger partial charge in [-0.1, -0.05) is 73.6 Å². The zero-order chi connectivity index (χ0) is 34.4. The molecule has 1 aromatic heterocycles. The highest BCUT2D eigenvalue weighted by Crippen LogP contribution is 2.62. The summed E-state index contributed by atoms with van der Waals surface area (Å²) in [6.07, 6.45) is 17.2. The minimum atomic E-state index is -0.684. The highest BCUT2D eigenvalue weighted by molar-refractivity contribution is 5.87. The molecule has 1 aromatic carbocycles. The molecule has 0 unspecified atom stereocenters. The van der Waals surface area contributed by atoms with E-state index in [0.717, 1.165) is 69.0 Å². The number of aromatic nitrogens is 3. The number of ether oxygens (including phenoxy) is 1. The third-order valence-corrected chi connectivity index (χ3v) is 11.3. The van der Waals surface area contributed by atoms with E-state index in [2.05, 4.69) is 57.1 Å². The smallest absolute Gasteiger partial charge is 0.333 e. The van der Waals surface area contributed by atoms with Crippen molar-refractivity contribution in [3.05, 3.63) is 76.7 Å². The first-order chi connectivity index (χ1) is 22.1. The van der Waals surface area contributed by atoms with Crippen LogP contribution in [0, 0.1) is 29.6 Å². The molecule has 2 aromatic rings. The van der Waals surface area contributed by atoms with Crippen LogP contribution in [0.15, 0.2) is 65.4 Å². The lowest BCUT2D eigenvalue weighted by Crippen LogP contribution is -2.59. The number of aliphatic hydroxyl groups is 1. The zero-order valence-electron chi connectivity index (χ0n) is 30.1. The average Bonchev–Trinajstić information content (AvgIpc) is 3.48. The van der Waals surface area contributed by atoms with Crippen LogP contribution in [0.5, 0.6) is 0 Å². The fraction of sp³-hybridized carbons (Fsp3) is 0.600. The van der Waals surface area contributed by atoms with Gasteiger partial charge in [-0.3, -0.25) is 4.79 Å². The second-order valence-electron chi connectivity index (χ2n) is 15.3. The van der Waals surface area contributed by atoms with Gasteiger partial charge in [-0.15, -0.1) is 5.10 Å². The predicted molar refractivity (Wildman–Crippen MR) is 188 cm³/mol. The number of hydrogen-bond acceptors (Lipinski definition) is 6. The zero-order valence-corrected chi connectivity index (χ0v) is 30.1. The van der Waals surface area contributed by atoms with Gasteiger partial charge in [-0.05, 0) is 121 Å². The summed E-state index contributed by atoms with van der Waals surface area (Å²) in [4.78, 5) is 25.3. The molecule has 0 radical (unpaired) electrons. The minimum Gasteiger partial charge on any atom is -0.456 e. The lowest BCUT2D eigenvalue weighted by atomic mass is 9.45. The van der Waals surface area contributed by atoms with Crippen LogP contribution in [-0.4, -0.2) is 37.5 Å². The van der Waals surface area contributed by atoms with Crippen LogP contribution in [0.3, 0.4) is 0 Å². The van der Waals surface area contributed by atoms with Gasteiger partial charge in [-0.2, -0.15) is 0 Å². The molecule has 0 amide bonds. The Hall–Kier alpha value is -3.32. The molecular weight excluding hydrogens is 586 g/mol. The molecule has 47 heavy (non-hydrogen) atoms. The van der Waals surface area contributed by atoms with Gasteiger partial charge in [0.2, 0.25) is 0 Å². The van der Waals surface area contributed by atoms with Crippen molar-refractivity contribution in [3.8, 4) is 5.69 Å². The third-order valence-electron chi connectivity index (χ3n) is 11.3. The Kier molecular flexibility index (Phi) is 11.9. The SMILES string of the molecule is C/C(=C\CC/C(C)=C/CC[C@@H]1[C@@]2(C)CCC(=O)C(C)(C)[C@H]2CC[C@@]1(C)O)CC/C=C(\C)C(=O)OCc1cn(-c2ccccc2C)nn1. The van der Waals surface area contributed by atoms with Crippen molar-refractivity contribution in [2.75, 3.05) is 0 Å². The number of carbonyl (C=O) groups is 2. The van der Waals surface area contributed by atoms with E-state index in [9.17, 15) is 14.7 Å². The predicted octanol–water partition coefficient (Wildman–Crippen LogP) is 8.97. The molecule has 4 atom stereocenters. The maximum absolute atomic E-state index is 12.8. The Bertz CT molecular complexity index is 1510. The van der Waals surface area contributed by atoms with Crippen LogP contribution >= 0.6 is 0 Å². The topological polar surface area (TPSA) is 94.3 Å². The fourth-order valence-electron chi connectivity index (χ4n) is 8.37. The third kappa shape index (κ3) is 8.78. The second kappa shape index (κ2) is 15.3. The summed E-state index contributed by atoms with van der Waals surface area (Å²) in [5.74, 6) is 0.584. The summed E-state index contributed by atoms with van der Waals surface area (Å²) in [6, 6.07) is 7.93. The Morgan fingerprint density at radius 2 is 1.66 bits per heavy atom.